The Morgan fingerprint density at radius 3 is 2.06 bits per heavy atom. The van der Waals surface area contributed by atoms with E-state index in [0.717, 1.165) is 18.4 Å². The lowest BCUT2D eigenvalue weighted by atomic mass is 9.84. The number of hydrogen-bond donors (Lipinski definition) is 0. The fraction of sp³-hybridized carbons (Fsp3) is 0.562. The van der Waals surface area contributed by atoms with Crippen molar-refractivity contribution in [2.24, 2.45) is 5.92 Å². The molecule has 2 rings (SSSR count). The molecule has 0 bridgehead atoms. The summed E-state index contributed by atoms with van der Waals surface area (Å²) in [5.74, 6) is 0.649. The van der Waals surface area contributed by atoms with Crippen LogP contribution < -0.4 is 0 Å². The van der Waals surface area contributed by atoms with Crippen molar-refractivity contribution in [1.82, 2.24) is 0 Å². The molecule has 1 heteroatoms. The molecule has 1 aromatic rings. The number of rotatable bonds is 2. The minimum Gasteiger partial charge on any atom is -0.294 e. The van der Waals surface area contributed by atoms with Gasteiger partial charge in [0.15, 0.2) is 5.78 Å². The van der Waals surface area contributed by atoms with Gasteiger partial charge in [0.2, 0.25) is 0 Å². The molecule has 0 radical (unpaired) electrons. The molecule has 0 amide bonds. The van der Waals surface area contributed by atoms with Gasteiger partial charge in [0.25, 0.3) is 0 Å². The van der Waals surface area contributed by atoms with Crippen molar-refractivity contribution in [3.63, 3.8) is 0 Å². The van der Waals surface area contributed by atoms with Crippen LogP contribution in [0.1, 0.15) is 61.9 Å². The minimum atomic E-state index is 0.293. The molecule has 1 nitrogen and oxygen atoms in total. The Bertz CT molecular complexity index is 331. The van der Waals surface area contributed by atoms with Crippen molar-refractivity contribution in [3.05, 3.63) is 35.4 Å². The van der Waals surface area contributed by atoms with E-state index >= 15 is 0 Å². The second-order valence-electron chi connectivity index (χ2n) is 4.57. The predicted octanol–water partition coefficient (Wildman–Crippen LogP) is 4.78. The normalized spacial score (nSPS) is 15.9. The zero-order valence-corrected chi connectivity index (χ0v) is 11.3. The highest BCUT2D eigenvalue weighted by molar-refractivity contribution is 5.97. The summed E-state index contributed by atoms with van der Waals surface area (Å²) < 4.78 is 0. The first-order valence-electron chi connectivity index (χ1n) is 6.88. The van der Waals surface area contributed by atoms with Crippen LogP contribution in [0, 0.1) is 12.8 Å². The lowest BCUT2D eigenvalue weighted by molar-refractivity contribution is 0.0889. The highest BCUT2D eigenvalue weighted by Gasteiger charge is 2.21. The summed E-state index contributed by atoms with van der Waals surface area (Å²) >= 11 is 0. The van der Waals surface area contributed by atoms with Crippen LogP contribution in [-0.4, -0.2) is 5.78 Å². The molecule has 0 heterocycles. The lowest BCUT2D eigenvalue weighted by Crippen LogP contribution is -2.17. The maximum atomic E-state index is 12.1. The summed E-state index contributed by atoms with van der Waals surface area (Å²) in [5.41, 5.74) is 2.11. The van der Waals surface area contributed by atoms with Gasteiger partial charge in [-0.15, -0.1) is 0 Å². The van der Waals surface area contributed by atoms with E-state index in [1.165, 1.54) is 24.8 Å². The fourth-order valence-electron chi connectivity index (χ4n) is 2.32. The van der Waals surface area contributed by atoms with E-state index in [2.05, 4.69) is 6.92 Å². The molecule has 0 aliphatic heterocycles. The van der Waals surface area contributed by atoms with Crippen LogP contribution in [0.3, 0.4) is 0 Å². The van der Waals surface area contributed by atoms with E-state index in [1.807, 2.05) is 38.1 Å². The summed E-state index contributed by atoms with van der Waals surface area (Å²) in [6.07, 6.45) is 5.93. The zero-order chi connectivity index (χ0) is 12.7. The molecule has 1 fully saturated rings. The standard InChI is InChI=1S/C14H18O.C2H6/c1-11-7-9-13(10-8-11)14(15)12-5-3-2-4-6-12;1-2/h7-10,12H,2-6H2,1H3;1-2H3. The molecule has 0 N–H and O–H groups in total. The minimum absolute atomic E-state index is 0.293. The van der Waals surface area contributed by atoms with Crippen LogP contribution in [-0.2, 0) is 0 Å². The van der Waals surface area contributed by atoms with Gasteiger partial charge in [-0.05, 0) is 19.8 Å². The largest absolute Gasteiger partial charge is 0.294 e. The van der Waals surface area contributed by atoms with Crippen molar-refractivity contribution >= 4 is 5.78 Å². The Morgan fingerprint density at radius 2 is 1.53 bits per heavy atom. The van der Waals surface area contributed by atoms with Crippen LogP contribution in [0.4, 0.5) is 0 Å². The van der Waals surface area contributed by atoms with Crippen LogP contribution in [0.15, 0.2) is 24.3 Å². The molecule has 1 saturated carbocycles. The van der Waals surface area contributed by atoms with Crippen LogP contribution in [0.5, 0.6) is 0 Å². The number of carbonyl (C=O) groups excluding carboxylic acids is 1. The van der Waals surface area contributed by atoms with Gasteiger partial charge in [0.1, 0.15) is 0 Å². The molecule has 17 heavy (non-hydrogen) atoms. The molecule has 94 valence electrons. The first-order chi connectivity index (χ1) is 8.27. The molecule has 1 aliphatic rings. The number of aryl methyl sites for hydroxylation is 1. The molecule has 0 unspecified atom stereocenters. The third kappa shape index (κ3) is 3.99. The van der Waals surface area contributed by atoms with Gasteiger partial charge >= 0.3 is 0 Å². The fourth-order valence-corrected chi connectivity index (χ4v) is 2.32. The molecular formula is C16H24O. The van der Waals surface area contributed by atoms with Crippen molar-refractivity contribution in [2.75, 3.05) is 0 Å². The van der Waals surface area contributed by atoms with Gasteiger partial charge in [-0.2, -0.15) is 0 Å². The summed E-state index contributed by atoms with van der Waals surface area (Å²) in [6, 6.07) is 7.98. The zero-order valence-electron chi connectivity index (χ0n) is 11.3. The van der Waals surface area contributed by atoms with Crippen LogP contribution in [0.2, 0.25) is 0 Å². The predicted molar refractivity (Wildman–Crippen MR) is 73.4 cm³/mol. The molecule has 1 aromatic carbocycles. The maximum absolute atomic E-state index is 12.1. The molecular weight excluding hydrogens is 208 g/mol. The van der Waals surface area contributed by atoms with Crippen molar-refractivity contribution in [3.8, 4) is 0 Å². The Hall–Kier alpha value is -1.11. The second kappa shape index (κ2) is 7.26. The third-order valence-corrected chi connectivity index (χ3v) is 3.31. The summed E-state index contributed by atoms with van der Waals surface area (Å²) in [6.45, 7) is 6.05. The van der Waals surface area contributed by atoms with Crippen molar-refractivity contribution in [1.29, 1.82) is 0 Å². The number of carbonyl (C=O) groups is 1. The molecule has 0 spiro atoms. The van der Waals surface area contributed by atoms with Gasteiger partial charge in [0.05, 0.1) is 0 Å². The maximum Gasteiger partial charge on any atom is 0.165 e. The van der Waals surface area contributed by atoms with E-state index < -0.39 is 0 Å². The van der Waals surface area contributed by atoms with E-state index in [-0.39, 0.29) is 0 Å². The lowest BCUT2D eigenvalue weighted by Gasteiger charge is -2.20. The van der Waals surface area contributed by atoms with Gasteiger partial charge in [-0.1, -0.05) is 62.9 Å². The quantitative estimate of drug-likeness (QED) is 0.670. The number of benzene rings is 1. The van der Waals surface area contributed by atoms with E-state index in [4.69, 9.17) is 0 Å². The second-order valence-corrected chi connectivity index (χ2v) is 4.57. The van der Waals surface area contributed by atoms with Gasteiger partial charge < -0.3 is 0 Å². The monoisotopic (exact) mass is 232 g/mol. The van der Waals surface area contributed by atoms with Crippen LogP contribution >= 0.6 is 0 Å². The SMILES string of the molecule is CC.Cc1ccc(C(=O)C2CCCCC2)cc1. The van der Waals surface area contributed by atoms with Crippen molar-refractivity contribution < 1.29 is 4.79 Å². The Balaban J connectivity index is 0.000000686. The topological polar surface area (TPSA) is 17.1 Å². The van der Waals surface area contributed by atoms with Gasteiger partial charge in [-0.25, -0.2) is 0 Å². The molecule has 0 aromatic heterocycles. The van der Waals surface area contributed by atoms with Crippen molar-refractivity contribution in [2.45, 2.75) is 52.9 Å². The van der Waals surface area contributed by atoms with Crippen LogP contribution in [0.25, 0.3) is 0 Å². The smallest absolute Gasteiger partial charge is 0.165 e. The summed E-state index contributed by atoms with van der Waals surface area (Å²) in [5, 5.41) is 0. The van der Waals surface area contributed by atoms with E-state index in [0.29, 0.717) is 11.7 Å². The number of ketones is 1. The molecule has 0 atom stereocenters. The summed E-state index contributed by atoms with van der Waals surface area (Å²) in [4.78, 5) is 12.1. The van der Waals surface area contributed by atoms with E-state index in [1.54, 1.807) is 0 Å². The number of hydrogen-bond acceptors (Lipinski definition) is 1. The van der Waals surface area contributed by atoms with Gasteiger partial charge in [-0.3, -0.25) is 4.79 Å². The van der Waals surface area contributed by atoms with E-state index in [9.17, 15) is 4.79 Å². The first kappa shape index (κ1) is 14.0. The molecule has 0 saturated heterocycles. The highest BCUT2D eigenvalue weighted by Crippen LogP contribution is 2.26. The molecule has 1 aliphatic carbocycles. The number of Topliss-reactive ketones (excluding diaryl/α,β-unsaturated/α-hetero) is 1. The Kier molecular flexibility index (Phi) is 5.96. The third-order valence-electron chi connectivity index (χ3n) is 3.31. The average Bonchev–Trinajstić information content (AvgIpc) is 2.42. The summed E-state index contributed by atoms with van der Waals surface area (Å²) in [7, 11) is 0. The van der Waals surface area contributed by atoms with Gasteiger partial charge in [0, 0.05) is 11.5 Å². The first-order valence-corrected chi connectivity index (χ1v) is 6.88. The average molecular weight is 232 g/mol. The highest BCUT2D eigenvalue weighted by atomic mass is 16.1. The Morgan fingerprint density at radius 1 is 1.00 bits per heavy atom. The Labute approximate surface area is 105 Å².